The smallest absolute Gasteiger partial charge is 0.120 e. The van der Waals surface area contributed by atoms with E-state index in [2.05, 4.69) is 128 Å². The Kier molecular flexibility index (Phi) is 11.1. The highest BCUT2D eigenvalue weighted by Crippen LogP contribution is 2.60. The molecule has 2 saturated heterocycles. The van der Waals surface area contributed by atoms with Crippen molar-refractivity contribution in [1.29, 1.82) is 0 Å². The molecule has 2 heterocycles. The first kappa shape index (κ1) is 34.6. The number of ether oxygens (including phenoxy) is 1. The van der Waals surface area contributed by atoms with E-state index in [1.54, 1.807) is 0 Å². The van der Waals surface area contributed by atoms with Gasteiger partial charge in [0.2, 0.25) is 0 Å². The molecule has 1 aliphatic carbocycles. The zero-order chi connectivity index (χ0) is 32.1. The first-order chi connectivity index (χ1) is 20.0. The molecular weight excluding hydrogens is 528 g/mol. The number of allylic oxidation sites excluding steroid dienone is 16. The van der Waals surface area contributed by atoms with Gasteiger partial charge >= 0.3 is 0 Å². The monoisotopic (exact) mass is 582 g/mol. The summed E-state index contributed by atoms with van der Waals surface area (Å²) in [6.07, 6.45) is 27.9. The van der Waals surface area contributed by atoms with Crippen LogP contribution >= 0.6 is 0 Å². The maximum atomic E-state index is 11.1. The predicted molar refractivity (Wildman–Crippen MR) is 182 cm³/mol. The van der Waals surface area contributed by atoms with Crippen LogP contribution in [0.3, 0.4) is 0 Å². The van der Waals surface area contributed by atoms with Crippen LogP contribution in [0, 0.1) is 22.7 Å². The molecule has 232 valence electrons. The molecule has 0 aromatic heterocycles. The van der Waals surface area contributed by atoms with Gasteiger partial charge in [-0.1, -0.05) is 129 Å². The minimum Gasteiger partial charge on any atom is -0.393 e. The number of aliphatic hydroxyl groups is 2. The van der Waals surface area contributed by atoms with Crippen LogP contribution in [0.25, 0.3) is 0 Å². The molecule has 2 bridgehead atoms. The average molecular weight is 583 g/mol. The fourth-order valence-electron chi connectivity index (χ4n) is 7.00. The van der Waals surface area contributed by atoms with Gasteiger partial charge in [0.25, 0.3) is 0 Å². The summed E-state index contributed by atoms with van der Waals surface area (Å²) in [6, 6.07) is 0. The first-order valence-corrected chi connectivity index (χ1v) is 15.7. The van der Waals surface area contributed by atoms with E-state index in [-0.39, 0.29) is 23.0 Å². The van der Waals surface area contributed by atoms with Crippen LogP contribution in [0.5, 0.6) is 0 Å². The molecule has 2 aliphatic heterocycles. The van der Waals surface area contributed by atoms with Gasteiger partial charge in [-0.3, -0.25) is 0 Å². The lowest BCUT2D eigenvalue weighted by molar-refractivity contribution is -0.115. The minimum atomic E-state index is -0.847. The van der Waals surface area contributed by atoms with Crippen LogP contribution in [0.1, 0.15) is 94.9 Å². The van der Waals surface area contributed by atoms with Crippen molar-refractivity contribution >= 4 is 0 Å². The molecule has 0 radical (unpaired) electrons. The summed E-state index contributed by atoms with van der Waals surface area (Å²) < 4.78 is 6.31. The molecule has 4 unspecified atom stereocenters. The van der Waals surface area contributed by atoms with Crippen LogP contribution in [0.4, 0.5) is 0 Å². The molecule has 0 amide bonds. The second-order valence-corrected chi connectivity index (χ2v) is 14.4. The molecule has 4 atom stereocenters. The minimum absolute atomic E-state index is 0.0856. The number of aliphatic hydroxyl groups excluding tert-OH is 1. The average Bonchev–Trinajstić information content (AvgIpc) is 3.28. The van der Waals surface area contributed by atoms with Crippen molar-refractivity contribution in [1.82, 2.24) is 0 Å². The Morgan fingerprint density at radius 3 is 1.91 bits per heavy atom. The van der Waals surface area contributed by atoms with E-state index in [9.17, 15) is 10.2 Å². The SMILES string of the molecule is CC(C#CC1=C(C)CC(O)CC1(C)C)=CC=CC(C)=CC=CC=C(C)C=CC=C(C)C=CC12OC(CC1(C)C)CC2(C)O. The normalized spacial score (nSPS) is 31.7. The Morgan fingerprint density at radius 1 is 0.791 bits per heavy atom. The van der Waals surface area contributed by atoms with Gasteiger partial charge in [-0.25, -0.2) is 0 Å². The summed E-state index contributed by atoms with van der Waals surface area (Å²) in [6.45, 7) is 21.0. The van der Waals surface area contributed by atoms with Gasteiger partial charge in [0, 0.05) is 22.8 Å². The zero-order valence-electron chi connectivity index (χ0n) is 28.2. The quantitative estimate of drug-likeness (QED) is 0.222. The van der Waals surface area contributed by atoms with E-state index in [1.165, 1.54) is 5.57 Å². The number of rotatable bonds is 8. The molecule has 0 spiro atoms. The van der Waals surface area contributed by atoms with Gasteiger partial charge in [-0.2, -0.15) is 0 Å². The highest BCUT2D eigenvalue weighted by Gasteiger charge is 2.67. The molecule has 3 rings (SSSR count). The van der Waals surface area contributed by atoms with Crippen LogP contribution in [0.2, 0.25) is 0 Å². The lowest BCUT2D eigenvalue weighted by atomic mass is 9.61. The van der Waals surface area contributed by atoms with Crippen molar-refractivity contribution in [2.24, 2.45) is 10.8 Å². The topological polar surface area (TPSA) is 49.7 Å². The predicted octanol–water partition coefficient (Wildman–Crippen LogP) is 9.21. The fraction of sp³-hybridized carbons (Fsp3) is 0.500. The highest BCUT2D eigenvalue weighted by molar-refractivity contribution is 5.45. The second kappa shape index (κ2) is 13.8. The Balaban J connectivity index is 1.53. The maximum Gasteiger partial charge on any atom is 0.120 e. The summed E-state index contributed by atoms with van der Waals surface area (Å²) >= 11 is 0. The molecule has 43 heavy (non-hydrogen) atoms. The Morgan fingerprint density at radius 2 is 1.35 bits per heavy atom. The van der Waals surface area contributed by atoms with E-state index in [0.29, 0.717) is 12.8 Å². The summed E-state index contributed by atoms with van der Waals surface area (Å²) in [7, 11) is 0. The highest BCUT2D eigenvalue weighted by atomic mass is 16.5. The maximum absolute atomic E-state index is 11.1. The molecule has 3 nitrogen and oxygen atoms in total. The summed E-state index contributed by atoms with van der Waals surface area (Å²) in [5.74, 6) is 6.68. The third kappa shape index (κ3) is 8.60. The third-order valence-electron chi connectivity index (χ3n) is 9.13. The van der Waals surface area contributed by atoms with Crippen LogP contribution in [-0.2, 0) is 4.74 Å². The van der Waals surface area contributed by atoms with E-state index >= 15 is 0 Å². The zero-order valence-corrected chi connectivity index (χ0v) is 28.2. The summed E-state index contributed by atoms with van der Waals surface area (Å²) in [5, 5.41) is 21.2. The van der Waals surface area contributed by atoms with Crippen molar-refractivity contribution in [3.05, 3.63) is 106 Å². The van der Waals surface area contributed by atoms with Crippen molar-refractivity contribution in [3.63, 3.8) is 0 Å². The lowest BCUT2D eigenvalue weighted by Gasteiger charge is -2.46. The third-order valence-corrected chi connectivity index (χ3v) is 9.13. The number of hydrogen-bond donors (Lipinski definition) is 2. The standard InChI is InChI=1S/C40H54O3/c1-29(17-13-19-31(3)21-22-36-33(5)25-34(41)26-37(36,6)7)15-11-12-16-30(2)18-14-20-32(4)23-24-40-38(8,9)27-35(43-40)28-39(40,10)42/h11-20,23-24,34-35,41-42H,25-28H2,1-10H3. The Hall–Kier alpha value is -2.90. The van der Waals surface area contributed by atoms with Gasteiger partial charge in [-0.15, -0.1) is 0 Å². The van der Waals surface area contributed by atoms with E-state index in [1.807, 2.05) is 26.0 Å². The van der Waals surface area contributed by atoms with E-state index in [4.69, 9.17) is 4.74 Å². The van der Waals surface area contributed by atoms with Crippen molar-refractivity contribution in [3.8, 4) is 11.8 Å². The van der Waals surface area contributed by atoms with Gasteiger partial charge in [-0.05, 0) is 72.5 Å². The molecular formula is C40H54O3. The first-order valence-electron chi connectivity index (χ1n) is 15.7. The number of fused-ring (bicyclic) bond motifs is 2. The fourth-order valence-corrected chi connectivity index (χ4v) is 7.00. The van der Waals surface area contributed by atoms with Gasteiger partial charge in [0.05, 0.1) is 17.8 Å². The molecule has 3 heteroatoms. The molecule has 0 saturated carbocycles. The molecule has 3 aliphatic rings. The lowest BCUT2D eigenvalue weighted by Crippen LogP contribution is -2.56. The molecule has 0 aromatic carbocycles. The Bertz CT molecular complexity index is 1360. The van der Waals surface area contributed by atoms with E-state index in [0.717, 1.165) is 40.7 Å². The van der Waals surface area contributed by atoms with Crippen molar-refractivity contribution in [2.75, 3.05) is 0 Å². The Labute approximate surface area is 261 Å². The van der Waals surface area contributed by atoms with Gasteiger partial charge in [0.15, 0.2) is 0 Å². The second-order valence-electron chi connectivity index (χ2n) is 14.4. The largest absolute Gasteiger partial charge is 0.393 e. The molecule has 2 N–H and O–H groups in total. The van der Waals surface area contributed by atoms with Gasteiger partial charge < -0.3 is 14.9 Å². The van der Waals surface area contributed by atoms with Crippen LogP contribution < -0.4 is 0 Å². The number of hydrogen-bond acceptors (Lipinski definition) is 3. The van der Waals surface area contributed by atoms with Crippen molar-refractivity contribution in [2.45, 2.75) is 118 Å². The van der Waals surface area contributed by atoms with Crippen LogP contribution in [0.15, 0.2) is 106 Å². The summed E-state index contributed by atoms with van der Waals surface area (Å²) in [4.78, 5) is 0. The van der Waals surface area contributed by atoms with Gasteiger partial charge in [0.1, 0.15) is 5.60 Å². The van der Waals surface area contributed by atoms with Crippen LogP contribution in [-0.4, -0.2) is 33.6 Å². The summed E-state index contributed by atoms with van der Waals surface area (Å²) in [5.41, 5.74) is 5.14. The molecule has 0 aromatic rings. The molecule has 2 fully saturated rings. The van der Waals surface area contributed by atoms with E-state index < -0.39 is 11.2 Å². The van der Waals surface area contributed by atoms with Crippen molar-refractivity contribution < 1.29 is 14.9 Å².